The van der Waals surface area contributed by atoms with Crippen LogP contribution in [0.1, 0.15) is 37.8 Å². The Kier molecular flexibility index (Phi) is 4.60. The number of allylic oxidation sites excluding steroid dienone is 2. The number of benzene rings is 1. The molecule has 1 aliphatic carbocycles. The maximum atomic E-state index is 12.7. The number of fused-ring (bicyclic) bond motifs is 1. The molecule has 0 spiro atoms. The number of hydrogen-bond acceptors (Lipinski definition) is 6. The summed E-state index contributed by atoms with van der Waals surface area (Å²) in [7, 11) is 0. The number of aromatic nitrogens is 3. The zero-order valence-electron chi connectivity index (χ0n) is 14.3. The van der Waals surface area contributed by atoms with E-state index in [1.807, 2.05) is 4.68 Å². The van der Waals surface area contributed by atoms with Crippen LogP contribution in [-0.4, -0.2) is 32.6 Å². The zero-order chi connectivity index (χ0) is 17.4. The minimum atomic E-state index is -0.186. The Labute approximate surface area is 155 Å². The summed E-state index contributed by atoms with van der Waals surface area (Å²) in [4.78, 5) is 18.5. The second-order valence-electron chi connectivity index (χ2n) is 6.07. The summed E-state index contributed by atoms with van der Waals surface area (Å²) in [5, 5.41) is 8.79. The Morgan fingerprint density at radius 1 is 1.28 bits per heavy atom. The number of carbonyl (C=O) groups is 1. The van der Waals surface area contributed by atoms with Gasteiger partial charge in [0.2, 0.25) is 11.1 Å². The van der Waals surface area contributed by atoms with Crippen LogP contribution in [0, 0.1) is 0 Å². The molecule has 2 aromatic rings. The van der Waals surface area contributed by atoms with Gasteiger partial charge in [-0.1, -0.05) is 30.8 Å². The molecule has 5 nitrogen and oxygen atoms in total. The predicted molar refractivity (Wildman–Crippen MR) is 102 cm³/mol. The lowest BCUT2D eigenvalue weighted by atomic mass is 9.85. The molecule has 7 heteroatoms. The third-order valence-corrected chi connectivity index (χ3v) is 6.02. The van der Waals surface area contributed by atoms with E-state index < -0.39 is 0 Å². The van der Waals surface area contributed by atoms with Crippen molar-refractivity contribution in [3.8, 4) is 0 Å². The van der Waals surface area contributed by atoms with Crippen molar-refractivity contribution in [3.63, 3.8) is 0 Å². The number of Topliss-reactive ketones (excluding diaryl/α,β-unsaturated/α-hetero) is 1. The first-order valence-electron chi connectivity index (χ1n) is 8.47. The highest BCUT2D eigenvalue weighted by Gasteiger charge is 2.36. The number of nitrogens with one attached hydrogen (secondary N) is 1. The van der Waals surface area contributed by atoms with Crippen LogP contribution in [0.5, 0.6) is 0 Å². The van der Waals surface area contributed by atoms with Gasteiger partial charge >= 0.3 is 0 Å². The van der Waals surface area contributed by atoms with E-state index in [1.54, 1.807) is 23.5 Å². The van der Waals surface area contributed by atoms with Crippen molar-refractivity contribution < 1.29 is 4.79 Å². The van der Waals surface area contributed by atoms with Crippen LogP contribution in [0.25, 0.3) is 0 Å². The Bertz CT molecular complexity index is 841. The molecular weight excluding hydrogens is 352 g/mol. The van der Waals surface area contributed by atoms with Crippen LogP contribution >= 0.6 is 23.5 Å². The average Bonchev–Trinajstić information content (AvgIpc) is 3.02. The quantitative estimate of drug-likeness (QED) is 0.814. The van der Waals surface area contributed by atoms with Gasteiger partial charge in [0.25, 0.3) is 0 Å². The summed E-state index contributed by atoms with van der Waals surface area (Å²) < 4.78 is 1.88. The maximum absolute atomic E-state index is 12.7. The number of hydrogen-bond donors (Lipinski definition) is 1. The van der Waals surface area contributed by atoms with Crippen LogP contribution < -0.4 is 5.32 Å². The van der Waals surface area contributed by atoms with Crippen LogP contribution in [-0.2, 0) is 4.79 Å². The monoisotopic (exact) mass is 372 g/mol. The topological polar surface area (TPSA) is 59.8 Å². The number of rotatable bonds is 4. The molecule has 1 atom stereocenters. The third kappa shape index (κ3) is 3.00. The third-order valence-electron chi connectivity index (χ3n) is 4.55. The SMILES string of the molecule is CCSc1nc2n(n1)C(c1ccc(SC)cc1)C1=C(CCCC1=O)N2. The summed E-state index contributed by atoms with van der Waals surface area (Å²) in [5.74, 6) is 1.88. The minimum Gasteiger partial charge on any atom is -0.328 e. The molecule has 0 saturated carbocycles. The molecule has 2 aliphatic rings. The molecule has 4 rings (SSSR count). The number of anilines is 1. The highest BCUT2D eigenvalue weighted by Crippen LogP contribution is 2.40. The first-order chi connectivity index (χ1) is 12.2. The summed E-state index contributed by atoms with van der Waals surface area (Å²) in [6.07, 6.45) is 4.46. The highest BCUT2D eigenvalue weighted by atomic mass is 32.2. The maximum Gasteiger partial charge on any atom is 0.227 e. The van der Waals surface area contributed by atoms with Gasteiger partial charge in [-0.05, 0) is 42.5 Å². The first-order valence-corrected chi connectivity index (χ1v) is 10.7. The Hall–Kier alpha value is -1.73. The van der Waals surface area contributed by atoms with Crippen molar-refractivity contribution in [2.24, 2.45) is 0 Å². The second kappa shape index (κ2) is 6.88. The molecule has 1 aromatic carbocycles. The minimum absolute atomic E-state index is 0.186. The van der Waals surface area contributed by atoms with Gasteiger partial charge in [-0.15, -0.1) is 16.9 Å². The lowest BCUT2D eigenvalue weighted by molar-refractivity contribution is -0.116. The van der Waals surface area contributed by atoms with Crippen molar-refractivity contribution in [3.05, 3.63) is 41.1 Å². The van der Waals surface area contributed by atoms with E-state index in [0.717, 1.165) is 46.5 Å². The van der Waals surface area contributed by atoms with Crippen LogP contribution in [0.15, 0.2) is 45.6 Å². The van der Waals surface area contributed by atoms with Crippen molar-refractivity contribution in [2.45, 2.75) is 42.3 Å². The van der Waals surface area contributed by atoms with Crippen molar-refractivity contribution in [2.75, 3.05) is 17.3 Å². The fourth-order valence-corrected chi connectivity index (χ4v) is 4.38. The molecule has 1 unspecified atom stereocenters. The zero-order valence-corrected chi connectivity index (χ0v) is 15.9. The molecule has 25 heavy (non-hydrogen) atoms. The van der Waals surface area contributed by atoms with Crippen molar-refractivity contribution in [1.29, 1.82) is 0 Å². The molecule has 2 heterocycles. The van der Waals surface area contributed by atoms with Gasteiger partial charge in [-0.2, -0.15) is 4.98 Å². The Morgan fingerprint density at radius 2 is 2.08 bits per heavy atom. The fourth-order valence-electron chi connectivity index (χ4n) is 3.42. The normalized spacial score (nSPS) is 19.4. The Morgan fingerprint density at radius 3 is 2.80 bits per heavy atom. The highest BCUT2D eigenvalue weighted by molar-refractivity contribution is 7.99. The van der Waals surface area contributed by atoms with Crippen LogP contribution in [0.3, 0.4) is 0 Å². The van der Waals surface area contributed by atoms with E-state index in [4.69, 9.17) is 0 Å². The van der Waals surface area contributed by atoms with Crippen LogP contribution in [0.4, 0.5) is 5.95 Å². The van der Waals surface area contributed by atoms with E-state index >= 15 is 0 Å². The van der Waals surface area contributed by atoms with Gasteiger partial charge in [0.1, 0.15) is 6.04 Å². The van der Waals surface area contributed by atoms with E-state index in [2.05, 4.69) is 52.8 Å². The largest absolute Gasteiger partial charge is 0.328 e. The van der Waals surface area contributed by atoms with Crippen molar-refractivity contribution in [1.82, 2.24) is 14.8 Å². The summed E-state index contributed by atoms with van der Waals surface area (Å²) in [6, 6.07) is 8.23. The number of ketones is 1. The lowest BCUT2D eigenvalue weighted by Crippen LogP contribution is -2.31. The van der Waals surface area contributed by atoms with Gasteiger partial charge in [0.05, 0.1) is 0 Å². The van der Waals surface area contributed by atoms with Gasteiger partial charge in [-0.3, -0.25) is 4.79 Å². The summed E-state index contributed by atoms with van der Waals surface area (Å²) in [5.41, 5.74) is 2.96. The van der Waals surface area contributed by atoms with E-state index in [1.165, 1.54) is 4.90 Å². The molecular formula is C18H20N4OS2. The van der Waals surface area contributed by atoms with Crippen molar-refractivity contribution >= 4 is 35.3 Å². The number of nitrogens with zero attached hydrogens (tertiary/aromatic N) is 3. The molecule has 0 bridgehead atoms. The lowest BCUT2D eigenvalue weighted by Gasteiger charge is -2.32. The Balaban J connectivity index is 1.84. The summed E-state index contributed by atoms with van der Waals surface area (Å²) >= 11 is 3.33. The first kappa shape index (κ1) is 16.7. The van der Waals surface area contributed by atoms with Gasteiger partial charge in [0, 0.05) is 22.6 Å². The smallest absolute Gasteiger partial charge is 0.227 e. The van der Waals surface area contributed by atoms with Crippen LogP contribution in [0.2, 0.25) is 0 Å². The molecule has 0 fully saturated rings. The molecule has 0 radical (unpaired) electrons. The van der Waals surface area contributed by atoms with Gasteiger partial charge in [-0.25, -0.2) is 4.68 Å². The number of thioether (sulfide) groups is 2. The molecule has 0 saturated heterocycles. The number of carbonyl (C=O) groups excluding carboxylic acids is 1. The average molecular weight is 373 g/mol. The van der Waals surface area contributed by atoms with E-state index in [0.29, 0.717) is 6.42 Å². The predicted octanol–water partition coefficient (Wildman–Crippen LogP) is 4.13. The molecule has 130 valence electrons. The van der Waals surface area contributed by atoms with Gasteiger partial charge < -0.3 is 5.32 Å². The fraction of sp³-hybridized carbons (Fsp3) is 0.389. The molecule has 0 amide bonds. The second-order valence-corrected chi connectivity index (χ2v) is 8.18. The molecule has 1 N–H and O–H groups in total. The summed E-state index contributed by atoms with van der Waals surface area (Å²) in [6.45, 7) is 2.09. The molecule has 1 aromatic heterocycles. The van der Waals surface area contributed by atoms with Gasteiger partial charge in [0.15, 0.2) is 5.78 Å². The standard InChI is InChI=1S/C18H20N4OS2/c1-3-25-18-20-17-19-13-5-4-6-14(23)15(13)16(22(17)21-18)11-7-9-12(24-2)10-8-11/h7-10,16H,3-6H2,1-2H3,(H,19,20,21). The van der Waals surface area contributed by atoms with E-state index in [9.17, 15) is 4.79 Å². The molecule has 1 aliphatic heterocycles. The van der Waals surface area contributed by atoms with E-state index in [-0.39, 0.29) is 11.8 Å².